The second kappa shape index (κ2) is 3.79. The van der Waals surface area contributed by atoms with Crippen molar-refractivity contribution in [3.8, 4) is 11.5 Å². The third-order valence-corrected chi connectivity index (χ3v) is 2.38. The highest BCUT2D eigenvalue weighted by Crippen LogP contribution is 2.23. The molecule has 5 nitrogen and oxygen atoms in total. The van der Waals surface area contributed by atoms with E-state index >= 15 is 0 Å². The Labute approximate surface area is 96.3 Å². The normalized spacial score (nSPS) is 10.6. The fraction of sp³-hybridized carbons (Fsp3) is 0. The number of rotatable bonds is 2. The molecule has 0 saturated heterocycles. The van der Waals surface area contributed by atoms with Gasteiger partial charge in [0.15, 0.2) is 5.75 Å². The van der Waals surface area contributed by atoms with Crippen LogP contribution >= 0.6 is 0 Å². The Bertz CT molecular complexity index is 700. The summed E-state index contributed by atoms with van der Waals surface area (Å²) in [5.74, 6) is 1.24. The van der Waals surface area contributed by atoms with Crippen molar-refractivity contribution < 1.29 is 4.74 Å². The zero-order valence-corrected chi connectivity index (χ0v) is 8.83. The van der Waals surface area contributed by atoms with Crippen molar-refractivity contribution in [1.82, 2.24) is 14.6 Å². The summed E-state index contributed by atoms with van der Waals surface area (Å²) in [6.07, 6.45) is 1.64. The van der Waals surface area contributed by atoms with E-state index in [9.17, 15) is 4.79 Å². The first-order valence-corrected chi connectivity index (χ1v) is 5.13. The predicted octanol–water partition coefficient (Wildman–Crippen LogP) is 1.81. The van der Waals surface area contributed by atoms with Gasteiger partial charge < -0.3 is 4.74 Å². The van der Waals surface area contributed by atoms with Gasteiger partial charge in [0.25, 0.3) is 0 Å². The van der Waals surface area contributed by atoms with Crippen LogP contribution < -0.4 is 10.4 Å². The number of para-hydroxylation sites is 1. The quantitative estimate of drug-likeness (QED) is 0.726. The topological polar surface area (TPSA) is 59.4 Å². The van der Waals surface area contributed by atoms with Gasteiger partial charge in [-0.3, -0.25) is 0 Å². The Hall–Kier alpha value is -2.56. The smallest absolute Gasteiger partial charge is 0.347 e. The van der Waals surface area contributed by atoms with E-state index in [1.54, 1.807) is 18.3 Å². The lowest BCUT2D eigenvalue weighted by Crippen LogP contribution is -2.08. The van der Waals surface area contributed by atoms with Gasteiger partial charge in [0.2, 0.25) is 5.65 Å². The number of hydrogen-bond donors (Lipinski definition) is 1. The van der Waals surface area contributed by atoms with Crippen LogP contribution in [0.5, 0.6) is 11.5 Å². The van der Waals surface area contributed by atoms with Crippen molar-refractivity contribution in [3.05, 3.63) is 59.1 Å². The van der Waals surface area contributed by atoms with Gasteiger partial charge in [-0.1, -0.05) is 18.2 Å². The number of aromatic amines is 1. The molecule has 0 atom stereocenters. The summed E-state index contributed by atoms with van der Waals surface area (Å²) < 4.78 is 7.06. The van der Waals surface area contributed by atoms with Crippen LogP contribution in [-0.4, -0.2) is 14.6 Å². The Morgan fingerprint density at radius 1 is 1.12 bits per heavy atom. The van der Waals surface area contributed by atoms with Gasteiger partial charge in [-0.25, -0.2) is 14.3 Å². The molecule has 0 unspecified atom stereocenters. The molecule has 0 bridgehead atoms. The molecular weight excluding hydrogens is 218 g/mol. The maximum atomic E-state index is 11.4. The van der Waals surface area contributed by atoms with Gasteiger partial charge in [0.1, 0.15) is 5.75 Å². The zero-order chi connectivity index (χ0) is 11.7. The summed E-state index contributed by atoms with van der Waals surface area (Å²) in [7, 11) is 0. The molecule has 0 radical (unpaired) electrons. The van der Waals surface area contributed by atoms with Crippen molar-refractivity contribution in [2.24, 2.45) is 0 Å². The molecule has 17 heavy (non-hydrogen) atoms. The number of ether oxygens (including phenoxy) is 1. The third-order valence-electron chi connectivity index (χ3n) is 2.38. The number of nitrogens with one attached hydrogen (secondary N) is 1. The molecule has 0 aliphatic heterocycles. The number of fused-ring (bicyclic) bond motifs is 1. The summed E-state index contributed by atoms with van der Waals surface area (Å²) in [5.41, 5.74) is 0.194. The lowest BCUT2D eigenvalue weighted by Gasteiger charge is -2.05. The van der Waals surface area contributed by atoms with E-state index in [2.05, 4.69) is 10.2 Å². The molecule has 1 N–H and O–H groups in total. The standard InChI is InChI=1S/C12H9N3O2/c16-12-14-13-11-10(7-4-8-15(11)12)17-9-5-2-1-3-6-9/h1-8H,(H,14,16). The van der Waals surface area contributed by atoms with Gasteiger partial charge in [0, 0.05) is 6.20 Å². The number of benzene rings is 1. The van der Waals surface area contributed by atoms with Crippen LogP contribution in [0.3, 0.4) is 0 Å². The summed E-state index contributed by atoms with van der Waals surface area (Å²) in [4.78, 5) is 11.4. The van der Waals surface area contributed by atoms with Crippen LogP contribution in [-0.2, 0) is 0 Å². The molecule has 0 fully saturated rings. The van der Waals surface area contributed by atoms with Gasteiger partial charge in [-0.2, -0.15) is 0 Å². The number of H-pyrrole nitrogens is 1. The van der Waals surface area contributed by atoms with Gasteiger partial charge in [-0.05, 0) is 24.3 Å². The van der Waals surface area contributed by atoms with E-state index < -0.39 is 0 Å². The van der Waals surface area contributed by atoms with Crippen molar-refractivity contribution in [2.45, 2.75) is 0 Å². The minimum absolute atomic E-state index is 0.279. The molecule has 0 amide bonds. The van der Waals surface area contributed by atoms with E-state index in [-0.39, 0.29) is 5.69 Å². The summed E-state index contributed by atoms with van der Waals surface area (Å²) in [6.45, 7) is 0. The highest BCUT2D eigenvalue weighted by Gasteiger charge is 2.06. The molecule has 3 rings (SSSR count). The first-order chi connectivity index (χ1) is 8.34. The van der Waals surface area contributed by atoms with E-state index in [1.165, 1.54) is 4.40 Å². The molecule has 0 aliphatic carbocycles. The first-order valence-electron chi connectivity index (χ1n) is 5.13. The molecule has 1 aromatic carbocycles. The lowest BCUT2D eigenvalue weighted by molar-refractivity contribution is 0.484. The first kappa shape index (κ1) is 9.65. The SMILES string of the molecule is O=c1[nH]nc2c(Oc3ccccc3)cccn12. The second-order valence-electron chi connectivity index (χ2n) is 3.51. The largest absolute Gasteiger partial charge is 0.453 e. The monoisotopic (exact) mass is 227 g/mol. The Morgan fingerprint density at radius 2 is 1.94 bits per heavy atom. The molecule has 3 aromatic rings. The van der Waals surface area contributed by atoms with Crippen molar-refractivity contribution in [2.75, 3.05) is 0 Å². The molecule has 5 heteroatoms. The number of hydrogen-bond acceptors (Lipinski definition) is 3. The maximum absolute atomic E-state index is 11.4. The van der Waals surface area contributed by atoms with Crippen LogP contribution in [0, 0.1) is 0 Å². The molecule has 0 saturated carbocycles. The van der Waals surface area contributed by atoms with Crippen molar-refractivity contribution in [3.63, 3.8) is 0 Å². The highest BCUT2D eigenvalue weighted by molar-refractivity contribution is 5.53. The average Bonchev–Trinajstić information content (AvgIpc) is 2.74. The van der Waals surface area contributed by atoms with E-state index in [0.29, 0.717) is 17.1 Å². The summed E-state index contributed by atoms with van der Waals surface area (Å²) in [6, 6.07) is 12.9. The fourth-order valence-electron chi connectivity index (χ4n) is 1.60. The zero-order valence-electron chi connectivity index (χ0n) is 8.83. The highest BCUT2D eigenvalue weighted by atomic mass is 16.5. The number of aromatic nitrogens is 3. The van der Waals surface area contributed by atoms with Crippen LogP contribution in [0.15, 0.2) is 53.5 Å². The van der Waals surface area contributed by atoms with Crippen molar-refractivity contribution in [1.29, 1.82) is 0 Å². The van der Waals surface area contributed by atoms with Gasteiger partial charge in [0.05, 0.1) is 0 Å². The maximum Gasteiger partial charge on any atom is 0.347 e. The van der Waals surface area contributed by atoms with Crippen LogP contribution in [0.2, 0.25) is 0 Å². The number of pyridine rings is 1. The Morgan fingerprint density at radius 3 is 2.76 bits per heavy atom. The average molecular weight is 227 g/mol. The number of nitrogens with zero attached hydrogens (tertiary/aromatic N) is 2. The van der Waals surface area contributed by atoms with Crippen LogP contribution in [0.4, 0.5) is 0 Å². The Balaban J connectivity index is 2.09. The van der Waals surface area contributed by atoms with Gasteiger partial charge in [-0.15, -0.1) is 5.10 Å². The molecular formula is C12H9N3O2. The predicted molar refractivity (Wildman–Crippen MR) is 62.3 cm³/mol. The molecule has 84 valence electrons. The van der Waals surface area contributed by atoms with Gasteiger partial charge >= 0.3 is 5.69 Å². The minimum atomic E-state index is -0.279. The fourth-order valence-corrected chi connectivity index (χ4v) is 1.60. The molecule has 0 spiro atoms. The molecule has 2 heterocycles. The van der Waals surface area contributed by atoms with Crippen LogP contribution in [0.25, 0.3) is 5.65 Å². The summed E-state index contributed by atoms with van der Waals surface area (Å²) in [5, 5.41) is 6.29. The Kier molecular flexibility index (Phi) is 2.15. The second-order valence-corrected chi connectivity index (χ2v) is 3.51. The minimum Gasteiger partial charge on any atom is -0.453 e. The van der Waals surface area contributed by atoms with E-state index in [0.717, 1.165) is 0 Å². The lowest BCUT2D eigenvalue weighted by atomic mass is 10.3. The van der Waals surface area contributed by atoms with Crippen LogP contribution in [0.1, 0.15) is 0 Å². The van der Waals surface area contributed by atoms with Crippen molar-refractivity contribution >= 4 is 5.65 Å². The third kappa shape index (κ3) is 1.67. The summed E-state index contributed by atoms with van der Waals surface area (Å²) >= 11 is 0. The molecule has 2 aromatic heterocycles. The van der Waals surface area contributed by atoms with E-state index in [4.69, 9.17) is 4.74 Å². The molecule has 0 aliphatic rings. The van der Waals surface area contributed by atoms with E-state index in [1.807, 2.05) is 30.3 Å².